The van der Waals surface area contributed by atoms with Crippen LogP contribution < -0.4 is 4.74 Å². The number of methoxy groups -OCH3 is 1. The van der Waals surface area contributed by atoms with Crippen LogP contribution >= 0.6 is 0 Å². The Kier molecular flexibility index (Phi) is 3.70. The second-order valence-corrected chi connectivity index (χ2v) is 6.32. The first kappa shape index (κ1) is 15.1. The van der Waals surface area contributed by atoms with Gasteiger partial charge in [-0.1, -0.05) is 30.3 Å². The highest BCUT2D eigenvalue weighted by Crippen LogP contribution is 2.33. The highest BCUT2D eigenvalue weighted by atomic mass is 16.5. The van der Waals surface area contributed by atoms with Crippen LogP contribution in [-0.4, -0.2) is 45.6 Å². The van der Waals surface area contributed by atoms with Crippen molar-refractivity contribution in [2.75, 3.05) is 20.2 Å². The molecular weight excluding hydrogens is 304 g/mol. The molecule has 124 valence electrons. The lowest BCUT2D eigenvalue weighted by molar-refractivity contribution is 0.0409. The van der Waals surface area contributed by atoms with Gasteiger partial charge in [0.1, 0.15) is 17.0 Å². The van der Waals surface area contributed by atoms with E-state index in [9.17, 15) is 5.11 Å². The Bertz CT molecular complexity index is 849. The highest BCUT2D eigenvalue weighted by molar-refractivity contribution is 5.91. The fourth-order valence-electron chi connectivity index (χ4n) is 3.53. The van der Waals surface area contributed by atoms with Gasteiger partial charge in [0.25, 0.3) is 0 Å². The third-order valence-corrected chi connectivity index (χ3v) is 4.81. The van der Waals surface area contributed by atoms with E-state index in [-0.39, 0.29) is 0 Å². The van der Waals surface area contributed by atoms with E-state index in [1.807, 2.05) is 18.2 Å². The molecule has 0 saturated carbocycles. The fraction of sp³-hybridized carbons (Fsp3) is 0.333. The van der Waals surface area contributed by atoms with Crippen LogP contribution in [0.4, 0.5) is 0 Å². The maximum absolute atomic E-state index is 10.8. The van der Waals surface area contributed by atoms with Crippen LogP contribution in [0.5, 0.6) is 5.75 Å². The zero-order valence-corrected chi connectivity index (χ0v) is 13.6. The van der Waals surface area contributed by atoms with E-state index in [0.717, 1.165) is 24.2 Å². The van der Waals surface area contributed by atoms with Gasteiger partial charge in [-0.2, -0.15) is 15.4 Å². The molecule has 1 fully saturated rings. The maximum atomic E-state index is 10.8. The van der Waals surface area contributed by atoms with Crippen molar-refractivity contribution >= 4 is 10.8 Å². The number of β-amino-alcohol motifs (C(OH)–C–C–N with tert-alkyl or cyclic N) is 1. The van der Waals surface area contributed by atoms with Gasteiger partial charge in [-0.15, -0.1) is 0 Å². The Balaban J connectivity index is 1.60. The number of aromatic nitrogens is 3. The Morgan fingerprint density at radius 3 is 2.83 bits per heavy atom. The minimum absolute atomic E-state index is 0.555. The molecule has 2 heterocycles. The summed E-state index contributed by atoms with van der Waals surface area (Å²) in [4.78, 5) is 2.25. The number of rotatable bonds is 4. The Morgan fingerprint density at radius 2 is 2.08 bits per heavy atom. The number of aromatic amines is 1. The molecule has 0 bridgehead atoms. The molecule has 24 heavy (non-hydrogen) atoms. The van der Waals surface area contributed by atoms with Crippen LogP contribution in [0.3, 0.4) is 0 Å². The standard InChI is InChI=1S/C18H20N4O2/c1-24-16-7-6-13(14-4-2-3-5-15(14)16)11-22-9-8-18(23,12-22)17-10-19-21-20-17/h2-7,10,23H,8-9,11-12H2,1H3,(H,19,20,21). The normalized spacial score (nSPS) is 21.4. The highest BCUT2D eigenvalue weighted by Gasteiger charge is 2.39. The molecule has 1 atom stereocenters. The predicted octanol–water partition coefficient (Wildman–Crippen LogP) is 2.06. The second-order valence-electron chi connectivity index (χ2n) is 6.32. The van der Waals surface area contributed by atoms with E-state index in [2.05, 4.69) is 38.5 Å². The Morgan fingerprint density at radius 1 is 1.25 bits per heavy atom. The number of likely N-dealkylation sites (tertiary alicyclic amines) is 1. The average molecular weight is 324 g/mol. The number of ether oxygens (including phenoxy) is 1. The monoisotopic (exact) mass is 324 g/mol. The lowest BCUT2D eigenvalue weighted by Crippen LogP contribution is -2.31. The van der Waals surface area contributed by atoms with Gasteiger partial charge in [0.15, 0.2) is 0 Å². The first-order chi connectivity index (χ1) is 11.7. The molecule has 6 heteroatoms. The van der Waals surface area contributed by atoms with E-state index in [4.69, 9.17) is 4.74 Å². The van der Waals surface area contributed by atoms with E-state index in [1.54, 1.807) is 13.3 Å². The van der Waals surface area contributed by atoms with Crippen molar-refractivity contribution in [3.05, 3.63) is 53.9 Å². The molecule has 0 amide bonds. The van der Waals surface area contributed by atoms with Gasteiger partial charge in [0, 0.05) is 25.0 Å². The minimum Gasteiger partial charge on any atom is -0.496 e. The SMILES string of the molecule is COc1ccc(CN2CCC(O)(c3cn[nH]n3)C2)c2ccccc12. The summed E-state index contributed by atoms with van der Waals surface area (Å²) in [6, 6.07) is 12.4. The number of benzene rings is 2. The molecule has 2 N–H and O–H groups in total. The quantitative estimate of drug-likeness (QED) is 0.768. The number of H-pyrrole nitrogens is 1. The summed E-state index contributed by atoms with van der Waals surface area (Å²) in [6.45, 7) is 2.16. The molecular formula is C18H20N4O2. The van der Waals surface area contributed by atoms with Gasteiger partial charge in [-0.05, 0) is 23.4 Å². The number of fused-ring (bicyclic) bond motifs is 1. The molecule has 3 aromatic rings. The van der Waals surface area contributed by atoms with E-state index in [0.29, 0.717) is 18.7 Å². The number of aliphatic hydroxyl groups is 1. The number of nitrogens with zero attached hydrogens (tertiary/aromatic N) is 3. The zero-order chi connectivity index (χ0) is 16.6. The molecule has 1 unspecified atom stereocenters. The van der Waals surface area contributed by atoms with Crippen LogP contribution in [0.2, 0.25) is 0 Å². The van der Waals surface area contributed by atoms with Crippen LogP contribution in [0.1, 0.15) is 17.7 Å². The van der Waals surface area contributed by atoms with Gasteiger partial charge in [-0.3, -0.25) is 4.90 Å². The van der Waals surface area contributed by atoms with Crippen molar-refractivity contribution in [2.24, 2.45) is 0 Å². The molecule has 4 rings (SSSR count). The molecule has 0 radical (unpaired) electrons. The summed E-state index contributed by atoms with van der Waals surface area (Å²) in [5.74, 6) is 0.884. The number of hydrogen-bond donors (Lipinski definition) is 2. The van der Waals surface area contributed by atoms with Crippen LogP contribution in [0.25, 0.3) is 10.8 Å². The van der Waals surface area contributed by atoms with Crippen molar-refractivity contribution in [2.45, 2.75) is 18.6 Å². The first-order valence-electron chi connectivity index (χ1n) is 8.05. The first-order valence-corrected chi connectivity index (χ1v) is 8.05. The van der Waals surface area contributed by atoms with E-state index in [1.165, 1.54) is 10.9 Å². The van der Waals surface area contributed by atoms with Gasteiger partial charge in [-0.25, -0.2) is 0 Å². The third-order valence-electron chi connectivity index (χ3n) is 4.81. The molecule has 1 aliphatic rings. The molecule has 1 aliphatic heterocycles. The lowest BCUT2D eigenvalue weighted by atomic mass is 10.00. The van der Waals surface area contributed by atoms with Crippen molar-refractivity contribution < 1.29 is 9.84 Å². The number of nitrogens with one attached hydrogen (secondary N) is 1. The molecule has 1 saturated heterocycles. The summed E-state index contributed by atoms with van der Waals surface area (Å²) in [5, 5.41) is 23.6. The third kappa shape index (κ3) is 2.53. The summed E-state index contributed by atoms with van der Waals surface area (Å²) in [6.07, 6.45) is 2.26. The summed E-state index contributed by atoms with van der Waals surface area (Å²) < 4.78 is 5.46. The molecule has 6 nitrogen and oxygen atoms in total. The van der Waals surface area contributed by atoms with Gasteiger partial charge < -0.3 is 9.84 Å². The second kappa shape index (κ2) is 5.89. The molecule has 0 spiro atoms. The van der Waals surface area contributed by atoms with Crippen molar-refractivity contribution in [3.63, 3.8) is 0 Å². The summed E-state index contributed by atoms with van der Waals surface area (Å²) in [7, 11) is 1.69. The minimum atomic E-state index is -0.921. The van der Waals surface area contributed by atoms with E-state index < -0.39 is 5.60 Å². The largest absolute Gasteiger partial charge is 0.496 e. The number of hydrogen-bond acceptors (Lipinski definition) is 5. The topological polar surface area (TPSA) is 74.3 Å². The zero-order valence-electron chi connectivity index (χ0n) is 13.6. The predicted molar refractivity (Wildman–Crippen MR) is 90.7 cm³/mol. The van der Waals surface area contributed by atoms with Gasteiger partial charge in [0.05, 0.1) is 13.3 Å². The van der Waals surface area contributed by atoms with Crippen LogP contribution in [-0.2, 0) is 12.1 Å². The average Bonchev–Trinajstić information content (AvgIpc) is 3.26. The van der Waals surface area contributed by atoms with Crippen LogP contribution in [0.15, 0.2) is 42.6 Å². The smallest absolute Gasteiger partial charge is 0.126 e. The van der Waals surface area contributed by atoms with Crippen molar-refractivity contribution in [1.82, 2.24) is 20.3 Å². The maximum Gasteiger partial charge on any atom is 0.126 e. The van der Waals surface area contributed by atoms with Crippen molar-refractivity contribution in [1.29, 1.82) is 0 Å². The fourth-order valence-corrected chi connectivity index (χ4v) is 3.53. The Labute approximate surface area is 140 Å². The van der Waals surface area contributed by atoms with Gasteiger partial charge >= 0.3 is 0 Å². The lowest BCUT2D eigenvalue weighted by Gasteiger charge is -2.21. The summed E-state index contributed by atoms with van der Waals surface area (Å²) >= 11 is 0. The van der Waals surface area contributed by atoms with Crippen molar-refractivity contribution in [3.8, 4) is 5.75 Å². The molecule has 1 aromatic heterocycles. The van der Waals surface area contributed by atoms with Gasteiger partial charge in [0.2, 0.25) is 0 Å². The summed E-state index contributed by atoms with van der Waals surface area (Å²) in [5.41, 5.74) is 0.926. The molecule has 0 aliphatic carbocycles. The van der Waals surface area contributed by atoms with Crippen LogP contribution in [0, 0.1) is 0 Å². The molecule has 2 aromatic carbocycles. The Hall–Kier alpha value is -2.44. The van der Waals surface area contributed by atoms with E-state index >= 15 is 0 Å².